The molecule has 0 radical (unpaired) electrons. The molecule has 3 nitrogen and oxygen atoms in total. The normalized spacial score (nSPS) is 12.9. The zero-order valence-corrected chi connectivity index (χ0v) is 11.1. The molecule has 80 valence electrons. The lowest BCUT2D eigenvalue weighted by Gasteiger charge is -2.36. The van der Waals surface area contributed by atoms with Gasteiger partial charge in [0.2, 0.25) is 0 Å². The summed E-state index contributed by atoms with van der Waals surface area (Å²) in [6.45, 7) is 10.2. The fraction of sp³-hybridized carbons (Fsp3) is 1.00. The summed E-state index contributed by atoms with van der Waals surface area (Å²) in [4.78, 5) is 9.26. The molecule has 0 aromatic carbocycles. The molecular weight excluding hydrogens is 178 g/mol. The Hall–Kier alpha value is 0.0969. The van der Waals surface area contributed by atoms with Crippen LogP contribution >= 0.6 is 0 Å². The van der Waals surface area contributed by atoms with Crippen LogP contribution in [0.15, 0.2) is 0 Å². The smallest absolute Gasteiger partial charge is 0.198 e. The second-order valence-electron chi connectivity index (χ2n) is 4.34. The molecular formula is C9H25N3Si. The van der Waals surface area contributed by atoms with Crippen molar-refractivity contribution in [2.45, 2.75) is 33.2 Å². The van der Waals surface area contributed by atoms with E-state index in [1.165, 1.54) is 6.17 Å². The molecule has 0 atom stereocenters. The summed E-state index contributed by atoms with van der Waals surface area (Å²) in [6, 6.07) is 0. The van der Waals surface area contributed by atoms with E-state index in [2.05, 4.69) is 42.6 Å². The Morgan fingerprint density at radius 1 is 1.15 bits per heavy atom. The van der Waals surface area contributed by atoms with E-state index in [0.717, 1.165) is 6.54 Å². The summed E-state index contributed by atoms with van der Waals surface area (Å²) in [7, 11) is 3.15. The first-order valence-corrected chi connectivity index (χ1v) is 7.02. The van der Waals surface area contributed by atoms with Crippen molar-refractivity contribution in [3.63, 3.8) is 0 Å². The fourth-order valence-corrected chi connectivity index (χ4v) is 3.33. The van der Waals surface area contributed by atoms with E-state index >= 15 is 0 Å². The summed E-state index contributed by atoms with van der Waals surface area (Å²) >= 11 is 0. The van der Waals surface area contributed by atoms with Gasteiger partial charge in [-0.2, -0.15) is 0 Å². The van der Waals surface area contributed by atoms with Crippen LogP contribution in [-0.4, -0.2) is 46.4 Å². The molecule has 0 spiro atoms. The quantitative estimate of drug-likeness (QED) is 0.630. The zero-order chi connectivity index (χ0) is 10.5. The second kappa shape index (κ2) is 5.75. The van der Waals surface area contributed by atoms with Crippen molar-refractivity contribution in [1.29, 1.82) is 0 Å². The van der Waals surface area contributed by atoms with Gasteiger partial charge in [-0.25, -0.2) is 0 Å². The molecule has 13 heavy (non-hydrogen) atoms. The van der Waals surface area contributed by atoms with Crippen LogP contribution in [-0.2, 0) is 0 Å². The third-order valence-corrected chi connectivity index (χ3v) is 4.63. The first-order chi connectivity index (χ1) is 5.95. The van der Waals surface area contributed by atoms with Crippen LogP contribution in [0.5, 0.6) is 0 Å². The van der Waals surface area contributed by atoms with Gasteiger partial charge in [0.25, 0.3) is 0 Å². The van der Waals surface area contributed by atoms with Gasteiger partial charge in [-0.15, -0.1) is 0 Å². The topological polar surface area (TPSA) is 27.3 Å². The monoisotopic (exact) mass is 203 g/mol. The van der Waals surface area contributed by atoms with E-state index < -0.39 is 9.12 Å². The Morgan fingerprint density at radius 3 is 1.85 bits per heavy atom. The Bertz CT molecular complexity index is 129. The maximum absolute atomic E-state index is 3.37. The minimum absolute atomic E-state index is 0.285. The van der Waals surface area contributed by atoms with Crippen molar-refractivity contribution >= 4 is 9.12 Å². The third kappa shape index (κ3) is 4.76. The highest BCUT2D eigenvalue weighted by Gasteiger charge is 2.22. The summed E-state index contributed by atoms with van der Waals surface area (Å²) in [6.07, 6.45) is 1.17. The van der Waals surface area contributed by atoms with Crippen molar-refractivity contribution in [3.05, 3.63) is 0 Å². The van der Waals surface area contributed by atoms with E-state index in [9.17, 15) is 0 Å². The van der Waals surface area contributed by atoms with Crippen molar-refractivity contribution in [1.82, 2.24) is 14.9 Å². The lowest BCUT2D eigenvalue weighted by atomic mass is 10.1. The molecule has 0 amide bonds. The number of nitrogens with zero attached hydrogens (tertiary/aromatic N) is 1. The highest BCUT2D eigenvalue weighted by atomic mass is 28.3. The summed E-state index contributed by atoms with van der Waals surface area (Å²) in [5.74, 6) is 0. The fourth-order valence-electron chi connectivity index (χ4n) is 1.42. The molecule has 0 bridgehead atoms. The third-order valence-electron chi connectivity index (χ3n) is 2.43. The molecule has 0 saturated carbocycles. The van der Waals surface area contributed by atoms with Gasteiger partial charge >= 0.3 is 0 Å². The Kier molecular flexibility index (Phi) is 5.79. The Labute approximate surface area is 84.7 Å². The summed E-state index contributed by atoms with van der Waals surface area (Å²) < 4.78 is 0. The van der Waals surface area contributed by atoms with E-state index in [-0.39, 0.29) is 5.54 Å². The average molecular weight is 203 g/mol. The minimum atomic E-state index is -0.942. The molecule has 0 fully saturated rings. The molecule has 0 rings (SSSR count). The molecule has 0 heterocycles. The van der Waals surface area contributed by atoms with Gasteiger partial charge in [0.1, 0.15) is 0 Å². The number of hydrogen-bond acceptors (Lipinski definition) is 3. The summed E-state index contributed by atoms with van der Waals surface area (Å²) in [5, 5.41) is 0. The minimum Gasteiger partial charge on any atom is -0.330 e. The molecule has 0 aromatic heterocycles. The predicted molar refractivity (Wildman–Crippen MR) is 62.3 cm³/mol. The number of rotatable bonds is 5. The number of hydrogen-bond donors (Lipinski definition) is 2. The molecule has 0 aliphatic heterocycles. The lowest BCUT2D eigenvalue weighted by molar-refractivity contribution is 0.169. The van der Waals surface area contributed by atoms with Crippen molar-refractivity contribution in [2.24, 2.45) is 0 Å². The molecule has 0 saturated heterocycles. The van der Waals surface area contributed by atoms with Gasteiger partial charge in [0.05, 0.1) is 0 Å². The Balaban J connectivity index is 4.11. The van der Waals surface area contributed by atoms with Crippen LogP contribution in [0.25, 0.3) is 0 Å². The first kappa shape index (κ1) is 13.1. The zero-order valence-electron chi connectivity index (χ0n) is 9.94. The highest BCUT2D eigenvalue weighted by Crippen LogP contribution is 2.11. The summed E-state index contributed by atoms with van der Waals surface area (Å²) in [5.41, 5.74) is 0.285. The Morgan fingerprint density at radius 2 is 1.62 bits per heavy atom. The van der Waals surface area contributed by atoms with Gasteiger partial charge in [0, 0.05) is 11.7 Å². The van der Waals surface area contributed by atoms with Crippen LogP contribution in [0.3, 0.4) is 0 Å². The highest BCUT2D eigenvalue weighted by molar-refractivity contribution is 6.53. The molecule has 0 unspecified atom stereocenters. The van der Waals surface area contributed by atoms with Crippen LogP contribution in [0.4, 0.5) is 0 Å². The van der Waals surface area contributed by atoms with Gasteiger partial charge in [-0.1, -0.05) is 6.92 Å². The van der Waals surface area contributed by atoms with E-state index in [1.54, 1.807) is 0 Å². The largest absolute Gasteiger partial charge is 0.330 e. The first-order valence-electron chi connectivity index (χ1n) is 5.05. The van der Waals surface area contributed by atoms with E-state index in [0.29, 0.717) is 0 Å². The maximum Gasteiger partial charge on any atom is 0.198 e. The van der Waals surface area contributed by atoms with Crippen LogP contribution < -0.4 is 9.96 Å². The van der Waals surface area contributed by atoms with Gasteiger partial charge in [0.15, 0.2) is 9.12 Å². The molecule has 0 aromatic rings. The van der Waals surface area contributed by atoms with Crippen LogP contribution in [0, 0.1) is 0 Å². The van der Waals surface area contributed by atoms with E-state index in [4.69, 9.17) is 0 Å². The number of nitrogens with one attached hydrogen (secondary N) is 2. The second-order valence-corrected chi connectivity index (χ2v) is 6.96. The van der Waals surface area contributed by atoms with Crippen molar-refractivity contribution in [3.8, 4) is 0 Å². The molecule has 2 N–H and O–H groups in total. The van der Waals surface area contributed by atoms with E-state index in [1.807, 2.05) is 14.1 Å². The molecule has 0 aliphatic rings. The van der Waals surface area contributed by atoms with Crippen LogP contribution in [0.2, 0.25) is 0 Å². The molecule has 4 heteroatoms. The van der Waals surface area contributed by atoms with Gasteiger partial charge < -0.3 is 9.96 Å². The maximum atomic E-state index is 3.37. The lowest BCUT2D eigenvalue weighted by Crippen LogP contribution is -2.56. The predicted octanol–water partition coefficient (Wildman–Crippen LogP) is 0.305. The standard InChI is InChI=1S/C9H25N3Si/c1-7-12(9(2,3)4)8-13(10-5)11-6/h10-11,13H,7-8H2,1-6H3. The molecule has 0 aliphatic carbocycles. The average Bonchev–Trinajstić information content (AvgIpc) is 2.04. The van der Waals surface area contributed by atoms with Crippen LogP contribution in [0.1, 0.15) is 27.7 Å². The van der Waals surface area contributed by atoms with Crippen molar-refractivity contribution < 1.29 is 0 Å². The van der Waals surface area contributed by atoms with Gasteiger partial charge in [-0.3, -0.25) is 4.90 Å². The van der Waals surface area contributed by atoms with Crippen molar-refractivity contribution in [2.75, 3.05) is 26.8 Å². The van der Waals surface area contributed by atoms with Gasteiger partial charge in [-0.05, 0) is 41.4 Å². The SMILES string of the molecule is CCN(C[SiH](NC)NC)C(C)(C)C.